The van der Waals surface area contributed by atoms with Crippen molar-refractivity contribution in [3.63, 3.8) is 0 Å². The first-order chi connectivity index (χ1) is 16.7. The topological polar surface area (TPSA) is 145 Å². The highest BCUT2D eigenvalue weighted by Crippen LogP contribution is 2.34. The first-order valence-corrected chi connectivity index (χ1v) is 12.2. The zero-order valence-electron chi connectivity index (χ0n) is 21.3. The van der Waals surface area contributed by atoms with Crippen LogP contribution in [0.1, 0.15) is 64.0 Å². The van der Waals surface area contributed by atoms with E-state index in [-0.39, 0.29) is 41.0 Å². The molecule has 200 valence electrons. The maximum Gasteiger partial charge on any atom is 0.410 e. The van der Waals surface area contributed by atoms with Gasteiger partial charge in [-0.3, -0.25) is 14.5 Å². The minimum Gasteiger partial charge on any atom is -0.480 e. The number of benzene rings is 1. The van der Waals surface area contributed by atoms with Gasteiger partial charge in [0.05, 0.1) is 0 Å². The van der Waals surface area contributed by atoms with E-state index in [0.29, 0.717) is 25.9 Å². The molecule has 5 N–H and O–H groups in total. The highest BCUT2D eigenvalue weighted by Gasteiger charge is 2.43. The average Bonchev–Trinajstić information content (AvgIpc) is 3.18. The molecular formula is C25H37FN4O6. The van der Waals surface area contributed by atoms with E-state index < -0.39 is 29.3 Å². The van der Waals surface area contributed by atoms with E-state index in [4.69, 9.17) is 10.5 Å². The Balaban J connectivity index is 1.69. The van der Waals surface area contributed by atoms with E-state index in [9.17, 15) is 29.0 Å². The maximum absolute atomic E-state index is 14.4. The van der Waals surface area contributed by atoms with Crippen molar-refractivity contribution in [1.29, 1.82) is 0 Å². The fourth-order valence-electron chi connectivity index (χ4n) is 4.99. The number of anilines is 1. The highest BCUT2D eigenvalue weighted by atomic mass is 19.1. The molecule has 1 aromatic carbocycles. The minimum absolute atomic E-state index is 0.0636. The van der Waals surface area contributed by atoms with Crippen molar-refractivity contribution in [2.24, 2.45) is 5.73 Å². The van der Waals surface area contributed by atoms with Gasteiger partial charge in [0.15, 0.2) is 5.92 Å². The van der Waals surface area contributed by atoms with E-state index in [2.05, 4.69) is 17.1 Å². The summed E-state index contributed by atoms with van der Waals surface area (Å²) in [6.45, 7) is 10.2. The van der Waals surface area contributed by atoms with Crippen LogP contribution in [0.25, 0.3) is 0 Å². The molecule has 0 spiro atoms. The largest absolute Gasteiger partial charge is 0.480 e. The van der Waals surface area contributed by atoms with Crippen molar-refractivity contribution in [2.45, 2.75) is 76.6 Å². The standard InChI is InChI=1S/C25H37FN4O6/c1-24(2,3)36-23(35)29-10-7-25(4,14-29)30-8-5-16(6-9-30)28-19-11-15(13-27)18(26)12-17(19)20(21(31)32)22(33)34/h11-12,16,20,28H,5-10,13-14,27H2,1-4H3,(H,31,32)(H,33,34). The number of likely N-dealkylation sites (tertiary alicyclic amines) is 2. The van der Waals surface area contributed by atoms with Crippen LogP contribution in [0, 0.1) is 5.82 Å². The van der Waals surface area contributed by atoms with Crippen molar-refractivity contribution in [3.8, 4) is 0 Å². The number of hydrogen-bond donors (Lipinski definition) is 4. The lowest BCUT2D eigenvalue weighted by molar-refractivity contribution is -0.150. The summed E-state index contributed by atoms with van der Waals surface area (Å²) in [6.07, 6.45) is 1.93. The number of nitrogens with zero attached hydrogens (tertiary/aromatic N) is 2. The molecule has 0 aromatic heterocycles. The van der Waals surface area contributed by atoms with E-state index >= 15 is 0 Å². The van der Waals surface area contributed by atoms with Gasteiger partial charge in [0.2, 0.25) is 0 Å². The van der Waals surface area contributed by atoms with Crippen LogP contribution in [0.5, 0.6) is 0 Å². The first-order valence-electron chi connectivity index (χ1n) is 12.2. The van der Waals surface area contributed by atoms with Crippen molar-refractivity contribution in [3.05, 3.63) is 29.1 Å². The first kappa shape index (κ1) is 27.7. The smallest absolute Gasteiger partial charge is 0.410 e. The molecule has 11 heteroatoms. The number of carbonyl (C=O) groups is 3. The van der Waals surface area contributed by atoms with Crippen LogP contribution in [0.4, 0.5) is 14.9 Å². The number of carboxylic acid groups (broad SMARTS) is 2. The fraction of sp³-hybridized carbons (Fsp3) is 0.640. The number of nitrogens with one attached hydrogen (secondary N) is 1. The molecule has 1 aromatic rings. The van der Waals surface area contributed by atoms with Gasteiger partial charge >= 0.3 is 18.0 Å². The molecule has 0 radical (unpaired) electrons. The van der Waals surface area contributed by atoms with Crippen LogP contribution >= 0.6 is 0 Å². The molecule has 1 atom stereocenters. The van der Waals surface area contributed by atoms with Gasteiger partial charge in [-0.1, -0.05) is 0 Å². The van der Waals surface area contributed by atoms with Crippen molar-refractivity contribution >= 4 is 23.7 Å². The summed E-state index contributed by atoms with van der Waals surface area (Å²) in [4.78, 5) is 39.9. The molecule has 10 nitrogen and oxygen atoms in total. The molecule has 1 unspecified atom stereocenters. The molecule has 2 aliphatic rings. The van der Waals surface area contributed by atoms with Crippen molar-refractivity contribution in [2.75, 3.05) is 31.5 Å². The Kier molecular flexibility index (Phi) is 8.14. The predicted molar refractivity (Wildman–Crippen MR) is 131 cm³/mol. The van der Waals surface area contributed by atoms with Crippen molar-refractivity contribution in [1.82, 2.24) is 9.80 Å². The van der Waals surface area contributed by atoms with Crippen molar-refractivity contribution < 1.29 is 33.7 Å². The second-order valence-electron chi connectivity index (χ2n) is 10.9. The average molecular weight is 509 g/mol. The summed E-state index contributed by atoms with van der Waals surface area (Å²) in [5.74, 6) is -5.76. The second-order valence-corrected chi connectivity index (χ2v) is 10.9. The summed E-state index contributed by atoms with van der Waals surface area (Å²) >= 11 is 0. The molecule has 2 aliphatic heterocycles. The molecule has 0 aliphatic carbocycles. The number of carbonyl (C=O) groups excluding carboxylic acids is 1. The summed E-state index contributed by atoms with van der Waals surface area (Å²) in [6, 6.07) is 2.30. The number of ether oxygens (including phenoxy) is 1. The monoisotopic (exact) mass is 508 g/mol. The number of amides is 1. The summed E-state index contributed by atoms with van der Waals surface area (Å²) in [5.41, 5.74) is 5.19. The van der Waals surface area contributed by atoms with Crippen LogP contribution in [0.3, 0.4) is 0 Å². The zero-order valence-corrected chi connectivity index (χ0v) is 21.3. The Morgan fingerprint density at radius 3 is 2.33 bits per heavy atom. The molecule has 3 rings (SSSR count). The summed E-state index contributed by atoms with van der Waals surface area (Å²) < 4.78 is 19.9. The number of halogens is 1. The third kappa shape index (κ3) is 6.25. The van der Waals surface area contributed by atoms with Gasteiger partial charge in [-0.05, 0) is 59.1 Å². The Bertz CT molecular complexity index is 991. The Labute approximate surface area is 210 Å². The molecule has 2 heterocycles. The van der Waals surface area contributed by atoms with Gasteiger partial charge in [-0.15, -0.1) is 0 Å². The minimum atomic E-state index is -1.90. The summed E-state index contributed by atoms with van der Waals surface area (Å²) in [5, 5.41) is 22.2. The number of piperidine rings is 1. The Hall–Kier alpha value is -2.92. The van der Waals surface area contributed by atoms with Crippen LogP contribution in [-0.2, 0) is 20.9 Å². The van der Waals surface area contributed by atoms with Gasteiger partial charge in [0.1, 0.15) is 11.4 Å². The Morgan fingerprint density at radius 2 is 1.81 bits per heavy atom. The number of rotatable bonds is 7. The highest BCUT2D eigenvalue weighted by molar-refractivity contribution is 6.00. The van der Waals surface area contributed by atoms with Gasteiger partial charge in [-0.2, -0.15) is 0 Å². The lowest BCUT2D eigenvalue weighted by Crippen LogP contribution is -2.53. The third-order valence-electron chi connectivity index (χ3n) is 6.96. The number of aliphatic carboxylic acids is 2. The lowest BCUT2D eigenvalue weighted by atomic mass is 9.92. The van der Waals surface area contributed by atoms with E-state index in [1.54, 1.807) is 4.90 Å². The van der Waals surface area contributed by atoms with Gasteiger partial charge < -0.3 is 30.9 Å². The molecule has 36 heavy (non-hydrogen) atoms. The normalized spacial score (nSPS) is 21.6. The van der Waals surface area contributed by atoms with Crippen LogP contribution in [-0.4, -0.2) is 81.4 Å². The van der Waals surface area contributed by atoms with E-state index in [0.717, 1.165) is 25.6 Å². The SMILES string of the molecule is CC(C)(C)OC(=O)N1CCC(C)(N2CCC(Nc3cc(CN)c(F)cc3C(C(=O)O)C(=O)O)CC2)C1. The van der Waals surface area contributed by atoms with E-state index in [1.807, 2.05) is 20.8 Å². The number of hydrogen-bond acceptors (Lipinski definition) is 7. The van der Waals surface area contributed by atoms with Gasteiger partial charge in [0.25, 0.3) is 0 Å². The molecule has 2 fully saturated rings. The van der Waals surface area contributed by atoms with Crippen LogP contribution in [0.15, 0.2) is 12.1 Å². The van der Waals surface area contributed by atoms with Gasteiger partial charge in [-0.25, -0.2) is 9.18 Å². The molecule has 1 amide bonds. The summed E-state index contributed by atoms with van der Waals surface area (Å²) in [7, 11) is 0. The van der Waals surface area contributed by atoms with Gasteiger partial charge in [0, 0.05) is 61.1 Å². The lowest BCUT2D eigenvalue weighted by Gasteiger charge is -2.43. The third-order valence-corrected chi connectivity index (χ3v) is 6.96. The van der Waals surface area contributed by atoms with E-state index in [1.165, 1.54) is 6.07 Å². The zero-order chi connectivity index (χ0) is 26.8. The fourth-order valence-corrected chi connectivity index (χ4v) is 4.99. The number of carboxylic acids is 2. The maximum atomic E-state index is 14.4. The Morgan fingerprint density at radius 1 is 1.19 bits per heavy atom. The second kappa shape index (κ2) is 10.6. The quantitative estimate of drug-likeness (QED) is 0.408. The van der Waals surface area contributed by atoms with Crippen LogP contribution in [0.2, 0.25) is 0 Å². The molecule has 2 saturated heterocycles. The molecule has 0 bridgehead atoms. The molecular weight excluding hydrogens is 471 g/mol. The molecule has 0 saturated carbocycles. The predicted octanol–water partition coefficient (Wildman–Crippen LogP) is 2.81. The van der Waals surface area contributed by atoms with Crippen LogP contribution < -0.4 is 11.1 Å². The number of nitrogens with two attached hydrogens (primary N) is 1.